The summed E-state index contributed by atoms with van der Waals surface area (Å²) < 4.78 is 0.865. The second kappa shape index (κ2) is 3.46. The second-order valence-corrected chi connectivity index (χ2v) is 3.89. The minimum absolute atomic E-state index is 0.309. The van der Waals surface area contributed by atoms with Gasteiger partial charge in [-0.3, -0.25) is 0 Å². The first kappa shape index (κ1) is 9.27. The fraction of sp³-hybridized carbons (Fsp3) is 0.100. The van der Waals surface area contributed by atoms with Crippen molar-refractivity contribution in [3.8, 4) is 0 Å². The molecule has 3 nitrogen and oxygen atoms in total. The molecule has 0 radical (unpaired) electrons. The number of carboxylic acid groups (broad SMARTS) is 1. The molecule has 0 amide bonds. The lowest BCUT2D eigenvalue weighted by Gasteiger charge is -2.27. The quantitative estimate of drug-likeness (QED) is 0.780. The van der Waals surface area contributed by atoms with Gasteiger partial charge in [-0.1, -0.05) is 6.08 Å². The molecule has 0 unspecified atom stereocenters. The molecule has 2 heterocycles. The summed E-state index contributed by atoms with van der Waals surface area (Å²) in [4.78, 5) is 12.6. The Morgan fingerprint density at radius 3 is 2.93 bits per heavy atom. The normalized spacial score (nSPS) is 19.5. The van der Waals surface area contributed by atoms with Crippen LogP contribution in [0.15, 0.2) is 46.4 Å². The molecule has 0 fully saturated rings. The van der Waals surface area contributed by atoms with Crippen LogP contribution in [0.5, 0.6) is 0 Å². The van der Waals surface area contributed by atoms with Crippen molar-refractivity contribution in [2.75, 3.05) is 0 Å². The number of hydrogen-bond donors (Lipinski definition) is 1. The van der Waals surface area contributed by atoms with Gasteiger partial charge in [0.2, 0.25) is 0 Å². The van der Waals surface area contributed by atoms with E-state index in [0.717, 1.165) is 10.2 Å². The van der Waals surface area contributed by atoms with Crippen molar-refractivity contribution in [1.82, 2.24) is 4.90 Å². The van der Waals surface area contributed by atoms with Crippen LogP contribution >= 0.6 is 15.9 Å². The third kappa shape index (κ3) is 1.53. The van der Waals surface area contributed by atoms with E-state index >= 15 is 0 Å². The molecule has 0 aromatic carbocycles. The minimum atomic E-state index is -0.901. The fourth-order valence-corrected chi connectivity index (χ4v) is 1.78. The number of fused-ring (bicyclic) bond motifs is 1. The maximum Gasteiger partial charge on any atom is 0.352 e. The summed E-state index contributed by atoms with van der Waals surface area (Å²) >= 11 is 3.31. The number of hydrogen-bond acceptors (Lipinski definition) is 2. The van der Waals surface area contributed by atoms with Gasteiger partial charge >= 0.3 is 5.97 Å². The number of halogens is 1. The van der Waals surface area contributed by atoms with Gasteiger partial charge in [0.1, 0.15) is 5.70 Å². The predicted molar refractivity (Wildman–Crippen MR) is 56.4 cm³/mol. The van der Waals surface area contributed by atoms with Crippen molar-refractivity contribution in [1.29, 1.82) is 0 Å². The summed E-state index contributed by atoms with van der Waals surface area (Å²) in [6.45, 7) is 0. The molecule has 2 aliphatic heterocycles. The second-order valence-electron chi connectivity index (χ2n) is 2.98. The third-order valence-corrected chi connectivity index (χ3v) is 2.53. The van der Waals surface area contributed by atoms with Crippen molar-refractivity contribution in [2.24, 2.45) is 0 Å². The van der Waals surface area contributed by atoms with Gasteiger partial charge < -0.3 is 10.0 Å². The van der Waals surface area contributed by atoms with Crippen molar-refractivity contribution in [3.63, 3.8) is 0 Å². The van der Waals surface area contributed by atoms with E-state index in [4.69, 9.17) is 5.11 Å². The van der Waals surface area contributed by atoms with Gasteiger partial charge in [-0.25, -0.2) is 4.79 Å². The number of carboxylic acids is 1. The molecule has 0 spiro atoms. The molecule has 2 aliphatic rings. The Morgan fingerprint density at radius 1 is 1.43 bits per heavy atom. The highest BCUT2D eigenvalue weighted by atomic mass is 79.9. The molecule has 2 rings (SSSR count). The van der Waals surface area contributed by atoms with Crippen LogP contribution in [-0.4, -0.2) is 16.0 Å². The van der Waals surface area contributed by atoms with Crippen molar-refractivity contribution in [3.05, 3.63) is 46.4 Å². The first-order chi connectivity index (χ1) is 6.68. The van der Waals surface area contributed by atoms with Crippen LogP contribution in [0.2, 0.25) is 0 Å². The molecule has 72 valence electrons. The zero-order valence-corrected chi connectivity index (χ0v) is 8.86. The van der Waals surface area contributed by atoms with Crippen LogP contribution in [0.4, 0.5) is 0 Å². The van der Waals surface area contributed by atoms with E-state index in [1.807, 2.05) is 18.2 Å². The summed E-state index contributed by atoms with van der Waals surface area (Å²) in [6.07, 6.45) is 9.89. The Morgan fingerprint density at radius 2 is 2.21 bits per heavy atom. The number of allylic oxidation sites excluding steroid dienone is 5. The molecule has 0 saturated heterocycles. The lowest BCUT2D eigenvalue weighted by molar-refractivity contribution is -0.133. The van der Waals surface area contributed by atoms with E-state index in [0.29, 0.717) is 12.1 Å². The van der Waals surface area contributed by atoms with E-state index in [2.05, 4.69) is 15.9 Å². The summed E-state index contributed by atoms with van der Waals surface area (Å²) in [5.74, 6) is -0.901. The van der Waals surface area contributed by atoms with E-state index in [1.165, 1.54) is 0 Å². The highest BCUT2D eigenvalue weighted by molar-refractivity contribution is 9.11. The molecular weight excluding hydrogens is 246 g/mol. The number of rotatable bonds is 1. The molecule has 0 aromatic rings. The first-order valence-electron chi connectivity index (χ1n) is 4.17. The van der Waals surface area contributed by atoms with Gasteiger partial charge in [0.05, 0.1) is 0 Å². The molecule has 0 atom stereocenters. The minimum Gasteiger partial charge on any atom is -0.477 e. The van der Waals surface area contributed by atoms with Gasteiger partial charge in [-0.2, -0.15) is 0 Å². The molecule has 0 aromatic heterocycles. The van der Waals surface area contributed by atoms with Gasteiger partial charge in [-0.15, -0.1) is 0 Å². The Labute approximate surface area is 89.8 Å². The number of aliphatic carboxylic acids is 1. The van der Waals surface area contributed by atoms with Gasteiger partial charge in [0, 0.05) is 16.4 Å². The molecular formula is C10H8BrNO2. The summed E-state index contributed by atoms with van der Waals surface area (Å²) in [6, 6.07) is 0. The Balaban J connectivity index is 2.38. The maximum absolute atomic E-state index is 10.9. The zero-order valence-electron chi connectivity index (χ0n) is 7.27. The van der Waals surface area contributed by atoms with Crippen molar-refractivity contribution < 1.29 is 9.90 Å². The maximum atomic E-state index is 10.9. The van der Waals surface area contributed by atoms with Crippen LogP contribution in [0.25, 0.3) is 0 Å². The average Bonchev–Trinajstić information content (AvgIpc) is 2.16. The van der Waals surface area contributed by atoms with Crippen LogP contribution in [0.3, 0.4) is 0 Å². The summed E-state index contributed by atoms with van der Waals surface area (Å²) in [5, 5.41) is 8.96. The highest BCUT2D eigenvalue weighted by Gasteiger charge is 2.21. The lowest BCUT2D eigenvalue weighted by atomic mass is 10.1. The molecule has 0 aliphatic carbocycles. The standard InChI is InChI=1S/C10H8BrNO2/c11-7-4-5-8-2-1-3-9(10(13)14)12(8)6-7/h2-6H,1H2,(H,13,14). The Hall–Kier alpha value is -1.29. The van der Waals surface area contributed by atoms with Gasteiger partial charge in [-0.05, 0) is 40.6 Å². The van der Waals surface area contributed by atoms with Crippen LogP contribution in [0, 0.1) is 0 Å². The fourth-order valence-electron chi connectivity index (χ4n) is 1.44. The zero-order chi connectivity index (χ0) is 10.1. The monoisotopic (exact) mass is 253 g/mol. The summed E-state index contributed by atoms with van der Waals surface area (Å²) in [5.41, 5.74) is 1.22. The van der Waals surface area contributed by atoms with Crippen LogP contribution < -0.4 is 0 Å². The van der Waals surface area contributed by atoms with Gasteiger partial charge in [0.25, 0.3) is 0 Å². The smallest absolute Gasteiger partial charge is 0.352 e. The number of carbonyl (C=O) groups is 1. The van der Waals surface area contributed by atoms with Crippen molar-refractivity contribution >= 4 is 21.9 Å². The van der Waals surface area contributed by atoms with E-state index in [-0.39, 0.29) is 0 Å². The highest BCUT2D eigenvalue weighted by Crippen LogP contribution is 2.28. The van der Waals surface area contributed by atoms with Crippen LogP contribution in [-0.2, 0) is 4.79 Å². The SMILES string of the molecule is O=C(O)C1=CCC=C2C=CC(Br)=CN21. The van der Waals surface area contributed by atoms with E-state index < -0.39 is 5.97 Å². The number of nitrogens with zero attached hydrogens (tertiary/aromatic N) is 1. The van der Waals surface area contributed by atoms with Crippen molar-refractivity contribution in [2.45, 2.75) is 6.42 Å². The molecule has 1 N–H and O–H groups in total. The largest absolute Gasteiger partial charge is 0.477 e. The first-order valence-corrected chi connectivity index (χ1v) is 4.96. The predicted octanol–water partition coefficient (Wildman–Crippen LogP) is 2.35. The van der Waals surface area contributed by atoms with Crippen LogP contribution in [0.1, 0.15) is 6.42 Å². The lowest BCUT2D eigenvalue weighted by Crippen LogP contribution is -2.24. The van der Waals surface area contributed by atoms with E-state index in [9.17, 15) is 4.79 Å². The summed E-state index contributed by atoms with van der Waals surface area (Å²) in [7, 11) is 0. The van der Waals surface area contributed by atoms with Gasteiger partial charge in [0.15, 0.2) is 0 Å². The Bertz CT molecular complexity index is 404. The Kier molecular flexibility index (Phi) is 2.29. The molecule has 0 saturated carbocycles. The topological polar surface area (TPSA) is 40.5 Å². The molecule has 0 bridgehead atoms. The van der Waals surface area contributed by atoms with E-state index in [1.54, 1.807) is 17.2 Å². The average molecular weight is 254 g/mol. The molecule has 14 heavy (non-hydrogen) atoms. The third-order valence-electron chi connectivity index (χ3n) is 2.06. The molecule has 4 heteroatoms.